The Kier molecular flexibility index (Phi) is 6.65. The maximum absolute atomic E-state index is 12.0. The highest BCUT2D eigenvalue weighted by molar-refractivity contribution is 6.30. The van der Waals surface area contributed by atoms with Gasteiger partial charge in [0.2, 0.25) is 0 Å². The second-order valence-corrected chi connectivity index (χ2v) is 5.53. The number of hydrogen-bond donors (Lipinski definition) is 1. The maximum atomic E-state index is 12.0. The Morgan fingerprint density at radius 3 is 2.48 bits per heavy atom. The van der Waals surface area contributed by atoms with E-state index in [1.807, 2.05) is 0 Å². The number of nitrogens with one attached hydrogen (secondary N) is 1. The highest BCUT2D eigenvalue weighted by Gasteiger charge is 2.18. The summed E-state index contributed by atoms with van der Waals surface area (Å²) in [7, 11) is 1.56. The number of carbonyl (C=O) groups is 2. The molecule has 1 N–H and O–H groups in total. The summed E-state index contributed by atoms with van der Waals surface area (Å²) >= 11 is 5.83. The van der Waals surface area contributed by atoms with Crippen LogP contribution in [0.2, 0.25) is 5.02 Å². The van der Waals surface area contributed by atoms with E-state index in [1.54, 1.807) is 55.6 Å². The second kappa shape index (κ2) is 8.94. The molecule has 2 aromatic carbocycles. The number of ether oxygens (including phenoxy) is 3. The molecule has 0 fully saturated rings. The molecule has 0 aliphatic carbocycles. The molecule has 132 valence electrons. The minimum atomic E-state index is -0.961. The van der Waals surface area contributed by atoms with Crippen molar-refractivity contribution < 1.29 is 23.8 Å². The van der Waals surface area contributed by atoms with Gasteiger partial charge in [0.1, 0.15) is 11.5 Å². The van der Waals surface area contributed by atoms with E-state index in [2.05, 4.69) is 5.32 Å². The summed E-state index contributed by atoms with van der Waals surface area (Å²) in [4.78, 5) is 23.8. The molecule has 0 unspecified atom stereocenters. The molecule has 2 rings (SSSR count). The number of halogens is 1. The third kappa shape index (κ3) is 6.00. The molecular formula is C18H18ClNO5. The SMILES string of the molecule is COc1ccc(NC(=O)[C@H](C)OC(=O)COc2cccc(Cl)c2)cc1. The third-order valence-corrected chi connectivity index (χ3v) is 3.42. The van der Waals surface area contributed by atoms with Crippen molar-refractivity contribution in [3.05, 3.63) is 53.6 Å². The van der Waals surface area contributed by atoms with Gasteiger partial charge in [-0.2, -0.15) is 0 Å². The highest BCUT2D eigenvalue weighted by Crippen LogP contribution is 2.17. The molecule has 2 aromatic rings. The summed E-state index contributed by atoms with van der Waals surface area (Å²) in [5.74, 6) is 0.0223. The lowest BCUT2D eigenvalue weighted by Gasteiger charge is -2.14. The normalized spacial score (nSPS) is 11.3. The summed E-state index contributed by atoms with van der Waals surface area (Å²) in [6.45, 7) is 1.16. The predicted molar refractivity (Wildman–Crippen MR) is 94.1 cm³/mol. The molecule has 0 aliphatic rings. The van der Waals surface area contributed by atoms with E-state index in [0.29, 0.717) is 22.2 Å². The highest BCUT2D eigenvalue weighted by atomic mass is 35.5. The molecule has 6 nitrogen and oxygen atoms in total. The van der Waals surface area contributed by atoms with Gasteiger partial charge >= 0.3 is 5.97 Å². The van der Waals surface area contributed by atoms with Gasteiger partial charge in [-0.1, -0.05) is 17.7 Å². The molecule has 0 heterocycles. The molecule has 0 saturated heterocycles. The Bertz CT molecular complexity index is 733. The summed E-state index contributed by atoms with van der Waals surface area (Å²) in [6.07, 6.45) is -0.961. The van der Waals surface area contributed by atoms with Crippen LogP contribution in [-0.2, 0) is 14.3 Å². The van der Waals surface area contributed by atoms with Gasteiger partial charge in [0, 0.05) is 10.7 Å². The van der Waals surface area contributed by atoms with E-state index in [-0.39, 0.29) is 6.61 Å². The minimum absolute atomic E-state index is 0.319. The third-order valence-electron chi connectivity index (χ3n) is 3.19. The van der Waals surface area contributed by atoms with E-state index in [9.17, 15) is 9.59 Å². The van der Waals surface area contributed by atoms with E-state index in [4.69, 9.17) is 25.8 Å². The van der Waals surface area contributed by atoms with Crippen LogP contribution in [0, 0.1) is 0 Å². The van der Waals surface area contributed by atoms with E-state index in [1.165, 1.54) is 6.92 Å². The lowest BCUT2D eigenvalue weighted by atomic mass is 10.3. The summed E-state index contributed by atoms with van der Waals surface area (Å²) in [5, 5.41) is 3.15. The standard InChI is InChI=1S/C18H18ClNO5/c1-12(18(22)20-14-6-8-15(23-2)9-7-14)25-17(21)11-24-16-5-3-4-13(19)10-16/h3-10,12H,11H2,1-2H3,(H,20,22)/t12-/m0/s1. The first-order valence-corrected chi connectivity index (χ1v) is 7.88. The molecule has 0 spiro atoms. The van der Waals surface area contributed by atoms with E-state index < -0.39 is 18.0 Å². The van der Waals surface area contributed by atoms with Gasteiger partial charge in [-0.3, -0.25) is 4.79 Å². The fourth-order valence-corrected chi connectivity index (χ4v) is 2.08. The van der Waals surface area contributed by atoms with Crippen molar-refractivity contribution in [3.8, 4) is 11.5 Å². The Hall–Kier alpha value is -2.73. The average molecular weight is 364 g/mol. The zero-order chi connectivity index (χ0) is 18.2. The predicted octanol–water partition coefficient (Wildman–Crippen LogP) is 3.30. The van der Waals surface area contributed by atoms with Gasteiger partial charge in [-0.05, 0) is 49.4 Å². The Morgan fingerprint density at radius 2 is 1.84 bits per heavy atom. The van der Waals surface area contributed by atoms with Gasteiger partial charge < -0.3 is 19.5 Å². The first kappa shape index (κ1) is 18.6. The van der Waals surface area contributed by atoms with Crippen molar-refractivity contribution >= 4 is 29.2 Å². The van der Waals surface area contributed by atoms with Crippen LogP contribution < -0.4 is 14.8 Å². The molecule has 0 aromatic heterocycles. The topological polar surface area (TPSA) is 73.9 Å². The number of esters is 1. The van der Waals surface area contributed by atoms with Crippen LogP contribution in [0.25, 0.3) is 0 Å². The second-order valence-electron chi connectivity index (χ2n) is 5.10. The molecule has 0 saturated carbocycles. The van der Waals surface area contributed by atoms with Crippen LogP contribution in [-0.4, -0.2) is 31.7 Å². The zero-order valence-electron chi connectivity index (χ0n) is 13.8. The van der Waals surface area contributed by atoms with Gasteiger partial charge in [-0.15, -0.1) is 0 Å². The molecule has 25 heavy (non-hydrogen) atoms. The quantitative estimate of drug-likeness (QED) is 0.764. The number of benzene rings is 2. The number of amides is 1. The monoisotopic (exact) mass is 363 g/mol. The van der Waals surface area contributed by atoms with Crippen LogP contribution in [0.4, 0.5) is 5.69 Å². The maximum Gasteiger partial charge on any atom is 0.344 e. The minimum Gasteiger partial charge on any atom is -0.497 e. The Labute approximate surface area is 150 Å². The fraction of sp³-hybridized carbons (Fsp3) is 0.222. The van der Waals surface area contributed by atoms with E-state index >= 15 is 0 Å². The van der Waals surface area contributed by atoms with Crippen LogP contribution in [0.3, 0.4) is 0 Å². The van der Waals surface area contributed by atoms with Crippen LogP contribution in [0.15, 0.2) is 48.5 Å². The first-order chi connectivity index (χ1) is 12.0. The molecule has 0 radical (unpaired) electrons. The number of rotatable bonds is 7. The van der Waals surface area contributed by atoms with Crippen LogP contribution in [0.1, 0.15) is 6.92 Å². The largest absolute Gasteiger partial charge is 0.497 e. The molecule has 0 bridgehead atoms. The average Bonchev–Trinajstić information content (AvgIpc) is 2.60. The van der Waals surface area contributed by atoms with Crippen molar-refractivity contribution in [1.29, 1.82) is 0 Å². The fourth-order valence-electron chi connectivity index (χ4n) is 1.90. The first-order valence-electron chi connectivity index (χ1n) is 7.50. The van der Waals surface area contributed by atoms with Crippen molar-refractivity contribution in [2.45, 2.75) is 13.0 Å². The molecule has 1 atom stereocenters. The smallest absolute Gasteiger partial charge is 0.344 e. The van der Waals surface area contributed by atoms with E-state index in [0.717, 1.165) is 0 Å². The van der Waals surface area contributed by atoms with Crippen molar-refractivity contribution in [3.63, 3.8) is 0 Å². The van der Waals surface area contributed by atoms with Gasteiger partial charge in [-0.25, -0.2) is 4.79 Å². The van der Waals surface area contributed by atoms with Gasteiger partial charge in [0.15, 0.2) is 12.7 Å². The van der Waals surface area contributed by atoms with Crippen molar-refractivity contribution in [2.24, 2.45) is 0 Å². The number of anilines is 1. The summed E-state index contributed by atoms with van der Waals surface area (Å²) in [6, 6.07) is 13.4. The van der Waals surface area contributed by atoms with Crippen molar-refractivity contribution in [2.75, 3.05) is 19.0 Å². The molecule has 7 heteroatoms. The lowest BCUT2D eigenvalue weighted by molar-refractivity contribution is -0.155. The van der Waals surface area contributed by atoms with Gasteiger partial charge in [0.05, 0.1) is 7.11 Å². The van der Waals surface area contributed by atoms with Crippen LogP contribution >= 0.6 is 11.6 Å². The summed E-state index contributed by atoms with van der Waals surface area (Å²) in [5.41, 5.74) is 0.573. The number of carbonyl (C=O) groups excluding carboxylic acids is 2. The molecule has 0 aliphatic heterocycles. The zero-order valence-corrected chi connectivity index (χ0v) is 14.6. The number of hydrogen-bond acceptors (Lipinski definition) is 5. The molecule has 1 amide bonds. The summed E-state index contributed by atoms with van der Waals surface area (Å²) < 4.78 is 15.4. The molecular weight excluding hydrogens is 346 g/mol. The Balaban J connectivity index is 1.80. The Morgan fingerprint density at radius 1 is 1.12 bits per heavy atom. The number of methoxy groups -OCH3 is 1. The van der Waals surface area contributed by atoms with Crippen LogP contribution in [0.5, 0.6) is 11.5 Å². The van der Waals surface area contributed by atoms with Crippen molar-refractivity contribution in [1.82, 2.24) is 0 Å². The lowest BCUT2D eigenvalue weighted by Crippen LogP contribution is -2.31. The van der Waals surface area contributed by atoms with Gasteiger partial charge in [0.25, 0.3) is 5.91 Å².